The van der Waals surface area contributed by atoms with Crippen LogP contribution in [0.4, 0.5) is 0 Å². The number of ether oxygens (including phenoxy) is 1. The number of nitrogens with one attached hydrogen (secondary N) is 1. The molecule has 4 nitrogen and oxygen atoms in total. The molecule has 1 aliphatic rings. The fourth-order valence-electron chi connectivity index (χ4n) is 3.23. The molecule has 1 aromatic rings. The van der Waals surface area contributed by atoms with Gasteiger partial charge >= 0.3 is 0 Å². The number of para-hydroxylation sites is 1. The highest BCUT2D eigenvalue weighted by Crippen LogP contribution is 2.31. The molecule has 1 saturated carbocycles. The first-order chi connectivity index (χ1) is 10.5. The van der Waals surface area contributed by atoms with Crippen LogP contribution in [0.15, 0.2) is 24.3 Å². The monoisotopic (exact) mass is 304 g/mol. The molecule has 0 saturated heterocycles. The van der Waals surface area contributed by atoms with Gasteiger partial charge in [-0.3, -0.25) is 4.79 Å². The van der Waals surface area contributed by atoms with Gasteiger partial charge in [-0.2, -0.15) is 0 Å². The van der Waals surface area contributed by atoms with Gasteiger partial charge in [0.2, 0.25) is 5.91 Å². The van der Waals surface area contributed by atoms with E-state index in [2.05, 4.69) is 19.2 Å². The van der Waals surface area contributed by atoms with E-state index >= 15 is 0 Å². The molecule has 3 N–H and O–H groups in total. The summed E-state index contributed by atoms with van der Waals surface area (Å²) in [6, 6.07) is 8.08. The minimum Gasteiger partial charge on any atom is -0.496 e. The van der Waals surface area contributed by atoms with Crippen molar-refractivity contribution in [3.05, 3.63) is 29.8 Å². The summed E-state index contributed by atoms with van der Waals surface area (Å²) in [6.45, 7) is 4.33. The van der Waals surface area contributed by atoms with Crippen LogP contribution in [0.1, 0.15) is 51.1 Å². The van der Waals surface area contributed by atoms with Crippen LogP contribution in [-0.2, 0) is 4.79 Å². The third-order valence-corrected chi connectivity index (χ3v) is 4.38. The highest BCUT2D eigenvalue weighted by atomic mass is 16.5. The number of carbonyl (C=O) groups is 1. The zero-order valence-corrected chi connectivity index (χ0v) is 13.8. The van der Waals surface area contributed by atoms with Gasteiger partial charge in [-0.1, -0.05) is 32.0 Å². The summed E-state index contributed by atoms with van der Waals surface area (Å²) in [5, 5.41) is 3.23. The molecule has 0 heterocycles. The van der Waals surface area contributed by atoms with Crippen LogP contribution in [0.3, 0.4) is 0 Å². The highest BCUT2D eigenvalue weighted by Gasteiger charge is 2.30. The number of hydrogen-bond acceptors (Lipinski definition) is 3. The van der Waals surface area contributed by atoms with Gasteiger partial charge < -0.3 is 15.8 Å². The van der Waals surface area contributed by atoms with E-state index in [0.29, 0.717) is 5.92 Å². The molecule has 3 unspecified atom stereocenters. The van der Waals surface area contributed by atoms with Crippen LogP contribution in [0.25, 0.3) is 0 Å². The van der Waals surface area contributed by atoms with Gasteiger partial charge in [0, 0.05) is 17.5 Å². The third kappa shape index (κ3) is 4.23. The van der Waals surface area contributed by atoms with Gasteiger partial charge in [0.1, 0.15) is 5.75 Å². The van der Waals surface area contributed by atoms with E-state index in [1.807, 2.05) is 24.3 Å². The topological polar surface area (TPSA) is 64.3 Å². The predicted molar refractivity (Wildman–Crippen MR) is 88.6 cm³/mol. The maximum absolute atomic E-state index is 12.5. The lowest BCUT2D eigenvalue weighted by atomic mass is 9.95. The zero-order chi connectivity index (χ0) is 16.1. The Bertz CT molecular complexity index is 502. The molecule has 122 valence electrons. The molecule has 4 heteroatoms. The summed E-state index contributed by atoms with van der Waals surface area (Å²) in [6.07, 6.45) is 3.53. The molecular formula is C18H28N2O2. The second-order valence-electron chi connectivity index (χ2n) is 6.70. The minimum absolute atomic E-state index is 0.0134. The maximum atomic E-state index is 12.5. The van der Waals surface area contributed by atoms with E-state index in [1.165, 1.54) is 0 Å². The fraction of sp³-hybridized carbons (Fsp3) is 0.611. The first-order valence-electron chi connectivity index (χ1n) is 8.20. The second-order valence-corrected chi connectivity index (χ2v) is 6.70. The Kier molecular flexibility index (Phi) is 5.83. The van der Waals surface area contributed by atoms with E-state index in [9.17, 15) is 4.79 Å². The molecule has 1 amide bonds. The summed E-state index contributed by atoms with van der Waals surface area (Å²) in [4.78, 5) is 12.5. The van der Waals surface area contributed by atoms with Crippen molar-refractivity contribution in [2.24, 2.45) is 17.6 Å². The fourth-order valence-corrected chi connectivity index (χ4v) is 3.23. The van der Waals surface area contributed by atoms with Crippen LogP contribution < -0.4 is 15.8 Å². The summed E-state index contributed by atoms with van der Waals surface area (Å²) in [5.41, 5.74) is 6.98. The Labute approximate surface area is 133 Å². The lowest BCUT2D eigenvalue weighted by Crippen LogP contribution is -2.34. The molecule has 0 bridgehead atoms. The van der Waals surface area contributed by atoms with Crippen molar-refractivity contribution in [1.29, 1.82) is 0 Å². The van der Waals surface area contributed by atoms with E-state index in [1.54, 1.807) is 7.11 Å². The van der Waals surface area contributed by atoms with Crippen molar-refractivity contribution in [2.45, 2.75) is 51.6 Å². The Morgan fingerprint density at radius 1 is 1.36 bits per heavy atom. The molecule has 0 radical (unpaired) electrons. The first-order valence-corrected chi connectivity index (χ1v) is 8.20. The highest BCUT2D eigenvalue weighted by molar-refractivity contribution is 5.79. The van der Waals surface area contributed by atoms with Gasteiger partial charge in [0.05, 0.1) is 13.2 Å². The minimum atomic E-state index is -0.0134. The number of methoxy groups -OCH3 is 1. The average molecular weight is 304 g/mol. The lowest BCUT2D eigenvalue weighted by Gasteiger charge is -2.24. The van der Waals surface area contributed by atoms with E-state index in [0.717, 1.165) is 37.0 Å². The number of benzene rings is 1. The first kappa shape index (κ1) is 16.8. The summed E-state index contributed by atoms with van der Waals surface area (Å²) < 4.78 is 5.46. The molecule has 0 spiro atoms. The summed E-state index contributed by atoms with van der Waals surface area (Å²) in [7, 11) is 1.67. The largest absolute Gasteiger partial charge is 0.496 e. The summed E-state index contributed by atoms with van der Waals surface area (Å²) >= 11 is 0. The van der Waals surface area contributed by atoms with Crippen molar-refractivity contribution in [3.8, 4) is 5.75 Å². The molecule has 3 atom stereocenters. The van der Waals surface area contributed by atoms with Gasteiger partial charge in [-0.05, 0) is 37.7 Å². The van der Waals surface area contributed by atoms with Gasteiger partial charge in [-0.25, -0.2) is 0 Å². The number of hydrogen-bond donors (Lipinski definition) is 2. The molecule has 1 aromatic carbocycles. The predicted octanol–water partition coefficient (Wildman–Crippen LogP) is 3.03. The normalized spacial score (nSPS) is 22.6. The Hall–Kier alpha value is -1.55. The summed E-state index contributed by atoms with van der Waals surface area (Å²) in [5.74, 6) is 1.50. The second kappa shape index (κ2) is 7.63. The van der Waals surface area contributed by atoms with Crippen molar-refractivity contribution in [1.82, 2.24) is 5.32 Å². The van der Waals surface area contributed by atoms with Crippen LogP contribution in [0.2, 0.25) is 0 Å². The molecular weight excluding hydrogens is 276 g/mol. The van der Waals surface area contributed by atoms with Crippen molar-refractivity contribution < 1.29 is 9.53 Å². The van der Waals surface area contributed by atoms with Gasteiger partial charge in [-0.15, -0.1) is 0 Å². The van der Waals surface area contributed by atoms with E-state index < -0.39 is 0 Å². The van der Waals surface area contributed by atoms with Crippen LogP contribution in [0, 0.1) is 11.8 Å². The maximum Gasteiger partial charge on any atom is 0.223 e. The van der Waals surface area contributed by atoms with Gasteiger partial charge in [0.25, 0.3) is 0 Å². The lowest BCUT2D eigenvalue weighted by molar-refractivity contribution is -0.125. The van der Waals surface area contributed by atoms with Crippen LogP contribution in [0.5, 0.6) is 5.75 Å². The molecule has 2 rings (SSSR count). The number of carbonyl (C=O) groups excluding carboxylic acids is 1. The third-order valence-electron chi connectivity index (χ3n) is 4.38. The smallest absolute Gasteiger partial charge is 0.223 e. The molecule has 22 heavy (non-hydrogen) atoms. The number of nitrogens with two attached hydrogens (primary N) is 1. The quantitative estimate of drug-likeness (QED) is 0.849. The SMILES string of the molecule is COc1ccccc1C(CC(C)C)NC(=O)C1CCC(N)C1. The van der Waals surface area contributed by atoms with E-state index in [-0.39, 0.29) is 23.9 Å². The van der Waals surface area contributed by atoms with Crippen molar-refractivity contribution in [2.75, 3.05) is 7.11 Å². The Balaban J connectivity index is 2.14. The zero-order valence-electron chi connectivity index (χ0n) is 13.8. The Morgan fingerprint density at radius 2 is 2.09 bits per heavy atom. The number of amides is 1. The van der Waals surface area contributed by atoms with Gasteiger partial charge in [0.15, 0.2) is 0 Å². The van der Waals surface area contributed by atoms with E-state index in [4.69, 9.17) is 10.5 Å². The van der Waals surface area contributed by atoms with Crippen LogP contribution in [-0.4, -0.2) is 19.1 Å². The Morgan fingerprint density at radius 3 is 2.68 bits per heavy atom. The molecule has 0 aromatic heterocycles. The average Bonchev–Trinajstić information content (AvgIpc) is 2.92. The molecule has 1 aliphatic carbocycles. The molecule has 1 fully saturated rings. The number of rotatable bonds is 6. The van der Waals surface area contributed by atoms with Crippen molar-refractivity contribution >= 4 is 5.91 Å². The standard InChI is InChI=1S/C18H28N2O2/c1-12(2)10-16(15-6-4-5-7-17(15)22-3)20-18(21)13-8-9-14(19)11-13/h4-7,12-14,16H,8-11,19H2,1-3H3,(H,20,21). The molecule has 0 aliphatic heterocycles. The van der Waals surface area contributed by atoms with Crippen molar-refractivity contribution in [3.63, 3.8) is 0 Å². The van der Waals surface area contributed by atoms with Crippen LogP contribution >= 0.6 is 0 Å².